The zero-order chi connectivity index (χ0) is 10.8. The number of anilines is 1. The molecule has 2 heterocycles. The van der Waals surface area contributed by atoms with Gasteiger partial charge in [0, 0.05) is 6.54 Å². The number of H-pyrrole nitrogens is 1. The highest BCUT2D eigenvalue weighted by atomic mass is 15.1. The SMILES string of the molecule is c1nc(NCCC2CCC2)c2[nH]cnc2n1. The van der Waals surface area contributed by atoms with Gasteiger partial charge in [0.05, 0.1) is 6.33 Å². The molecule has 2 N–H and O–H groups in total. The van der Waals surface area contributed by atoms with Crippen molar-refractivity contribution in [2.45, 2.75) is 25.7 Å². The van der Waals surface area contributed by atoms with Gasteiger partial charge in [-0.25, -0.2) is 15.0 Å². The average molecular weight is 217 g/mol. The summed E-state index contributed by atoms with van der Waals surface area (Å²) < 4.78 is 0. The Morgan fingerprint density at radius 1 is 1.31 bits per heavy atom. The zero-order valence-corrected chi connectivity index (χ0v) is 9.11. The summed E-state index contributed by atoms with van der Waals surface area (Å²) in [6.45, 7) is 0.982. The summed E-state index contributed by atoms with van der Waals surface area (Å²) in [6.07, 6.45) is 8.63. The van der Waals surface area contributed by atoms with Crippen LogP contribution in [0.15, 0.2) is 12.7 Å². The highest BCUT2D eigenvalue weighted by Gasteiger charge is 2.16. The van der Waals surface area contributed by atoms with Gasteiger partial charge in [-0.15, -0.1) is 0 Å². The number of nitrogens with zero attached hydrogens (tertiary/aromatic N) is 3. The molecule has 1 fully saturated rings. The number of fused-ring (bicyclic) bond motifs is 1. The Morgan fingerprint density at radius 3 is 3.06 bits per heavy atom. The van der Waals surface area contributed by atoms with E-state index >= 15 is 0 Å². The monoisotopic (exact) mass is 217 g/mol. The van der Waals surface area contributed by atoms with Crippen LogP contribution in [-0.2, 0) is 0 Å². The van der Waals surface area contributed by atoms with E-state index in [0.29, 0.717) is 0 Å². The van der Waals surface area contributed by atoms with E-state index < -0.39 is 0 Å². The van der Waals surface area contributed by atoms with Gasteiger partial charge in [0.1, 0.15) is 11.8 Å². The van der Waals surface area contributed by atoms with Gasteiger partial charge in [-0.05, 0) is 12.3 Å². The fraction of sp³-hybridized carbons (Fsp3) is 0.545. The third-order valence-corrected chi connectivity index (χ3v) is 3.29. The molecule has 1 aliphatic rings. The van der Waals surface area contributed by atoms with Gasteiger partial charge in [-0.2, -0.15) is 0 Å². The molecular formula is C11H15N5. The van der Waals surface area contributed by atoms with Crippen LogP contribution in [0.5, 0.6) is 0 Å². The molecule has 0 unspecified atom stereocenters. The summed E-state index contributed by atoms with van der Waals surface area (Å²) in [5.74, 6) is 1.79. The third-order valence-electron chi connectivity index (χ3n) is 3.29. The quantitative estimate of drug-likeness (QED) is 0.821. The molecule has 0 amide bonds. The Hall–Kier alpha value is -1.65. The lowest BCUT2D eigenvalue weighted by Crippen LogP contribution is -2.16. The number of imidazole rings is 1. The minimum absolute atomic E-state index is 0.723. The number of nitrogens with one attached hydrogen (secondary N) is 2. The van der Waals surface area contributed by atoms with E-state index in [2.05, 4.69) is 25.3 Å². The summed E-state index contributed by atoms with van der Waals surface area (Å²) in [4.78, 5) is 15.5. The smallest absolute Gasteiger partial charge is 0.182 e. The Kier molecular flexibility index (Phi) is 2.44. The number of rotatable bonds is 4. The van der Waals surface area contributed by atoms with Gasteiger partial charge in [-0.1, -0.05) is 19.3 Å². The van der Waals surface area contributed by atoms with Crippen molar-refractivity contribution < 1.29 is 0 Å². The van der Waals surface area contributed by atoms with E-state index in [1.807, 2.05) is 0 Å². The molecule has 0 spiro atoms. The van der Waals surface area contributed by atoms with Gasteiger partial charge in [-0.3, -0.25) is 0 Å². The molecule has 5 heteroatoms. The minimum Gasteiger partial charge on any atom is -0.368 e. The van der Waals surface area contributed by atoms with E-state index in [1.165, 1.54) is 25.7 Å². The fourth-order valence-corrected chi connectivity index (χ4v) is 2.08. The predicted molar refractivity (Wildman–Crippen MR) is 62.1 cm³/mol. The molecule has 1 saturated carbocycles. The van der Waals surface area contributed by atoms with Crippen LogP contribution >= 0.6 is 0 Å². The molecular weight excluding hydrogens is 202 g/mol. The molecule has 0 saturated heterocycles. The topological polar surface area (TPSA) is 66.5 Å². The zero-order valence-electron chi connectivity index (χ0n) is 9.11. The molecule has 3 rings (SSSR count). The fourth-order valence-electron chi connectivity index (χ4n) is 2.08. The first-order valence-corrected chi connectivity index (χ1v) is 5.81. The van der Waals surface area contributed by atoms with Crippen molar-refractivity contribution in [1.29, 1.82) is 0 Å². The molecule has 0 bridgehead atoms. The number of aromatic amines is 1. The molecule has 0 atom stereocenters. The van der Waals surface area contributed by atoms with E-state index in [4.69, 9.17) is 0 Å². The molecule has 16 heavy (non-hydrogen) atoms. The van der Waals surface area contributed by atoms with Crippen LogP contribution in [-0.4, -0.2) is 26.5 Å². The third kappa shape index (κ3) is 1.73. The average Bonchev–Trinajstić information content (AvgIpc) is 2.70. The van der Waals surface area contributed by atoms with Crippen molar-refractivity contribution >= 4 is 17.0 Å². The summed E-state index contributed by atoms with van der Waals surface area (Å²) in [7, 11) is 0. The van der Waals surface area contributed by atoms with Crippen molar-refractivity contribution in [2.24, 2.45) is 5.92 Å². The number of hydrogen-bond donors (Lipinski definition) is 2. The Labute approximate surface area is 93.7 Å². The van der Waals surface area contributed by atoms with E-state index in [-0.39, 0.29) is 0 Å². The minimum atomic E-state index is 0.723. The number of aromatic nitrogens is 4. The lowest BCUT2D eigenvalue weighted by molar-refractivity contribution is 0.303. The first-order chi connectivity index (χ1) is 7.93. The lowest BCUT2D eigenvalue weighted by atomic mass is 9.83. The summed E-state index contributed by atoms with van der Waals surface area (Å²) in [5.41, 5.74) is 1.62. The summed E-state index contributed by atoms with van der Waals surface area (Å²) in [5, 5.41) is 3.35. The molecule has 0 radical (unpaired) electrons. The molecule has 2 aromatic heterocycles. The van der Waals surface area contributed by atoms with Crippen LogP contribution in [0.25, 0.3) is 11.2 Å². The Morgan fingerprint density at radius 2 is 2.25 bits per heavy atom. The lowest BCUT2D eigenvalue weighted by Gasteiger charge is -2.25. The maximum Gasteiger partial charge on any atom is 0.182 e. The van der Waals surface area contributed by atoms with Crippen molar-refractivity contribution in [3.63, 3.8) is 0 Å². The van der Waals surface area contributed by atoms with Crippen LogP contribution in [0.3, 0.4) is 0 Å². The van der Waals surface area contributed by atoms with Crippen molar-refractivity contribution in [3.8, 4) is 0 Å². The molecule has 0 aromatic carbocycles. The highest BCUT2D eigenvalue weighted by molar-refractivity contribution is 5.81. The Bertz CT molecular complexity index is 474. The van der Waals surface area contributed by atoms with Gasteiger partial charge < -0.3 is 10.3 Å². The number of hydrogen-bond acceptors (Lipinski definition) is 4. The van der Waals surface area contributed by atoms with Crippen LogP contribution in [0.4, 0.5) is 5.82 Å². The molecule has 1 aliphatic carbocycles. The maximum absolute atomic E-state index is 4.23. The molecule has 5 nitrogen and oxygen atoms in total. The largest absolute Gasteiger partial charge is 0.368 e. The predicted octanol–water partition coefficient (Wildman–Crippen LogP) is 1.95. The van der Waals surface area contributed by atoms with Crippen LogP contribution in [0, 0.1) is 5.92 Å². The Balaban J connectivity index is 1.66. The first-order valence-electron chi connectivity index (χ1n) is 5.81. The normalized spacial score (nSPS) is 16.2. The summed E-state index contributed by atoms with van der Waals surface area (Å²) in [6, 6.07) is 0. The van der Waals surface area contributed by atoms with Gasteiger partial charge in [0.25, 0.3) is 0 Å². The second kappa shape index (κ2) is 4.08. The van der Waals surface area contributed by atoms with E-state index in [9.17, 15) is 0 Å². The highest BCUT2D eigenvalue weighted by Crippen LogP contribution is 2.29. The van der Waals surface area contributed by atoms with Gasteiger partial charge in [0.15, 0.2) is 11.5 Å². The van der Waals surface area contributed by atoms with E-state index in [0.717, 1.165) is 29.4 Å². The van der Waals surface area contributed by atoms with E-state index in [1.54, 1.807) is 12.7 Å². The standard InChI is InChI=1S/C11H15N5/c1-2-8(3-1)4-5-12-10-9-11(14-6-13-9)16-7-15-10/h6-8H,1-5H2,(H2,12,13,14,15,16). The molecule has 0 aliphatic heterocycles. The van der Waals surface area contributed by atoms with Crippen LogP contribution in [0.1, 0.15) is 25.7 Å². The van der Waals surface area contributed by atoms with Crippen LogP contribution in [0.2, 0.25) is 0 Å². The first kappa shape index (κ1) is 9.57. The second-order valence-electron chi connectivity index (χ2n) is 4.34. The van der Waals surface area contributed by atoms with Crippen molar-refractivity contribution in [1.82, 2.24) is 19.9 Å². The molecule has 84 valence electrons. The summed E-state index contributed by atoms with van der Waals surface area (Å²) >= 11 is 0. The van der Waals surface area contributed by atoms with Gasteiger partial charge in [0.2, 0.25) is 0 Å². The maximum atomic E-state index is 4.23. The molecule has 2 aromatic rings. The van der Waals surface area contributed by atoms with Crippen molar-refractivity contribution in [3.05, 3.63) is 12.7 Å². The van der Waals surface area contributed by atoms with Gasteiger partial charge >= 0.3 is 0 Å². The second-order valence-corrected chi connectivity index (χ2v) is 4.34. The van der Waals surface area contributed by atoms with Crippen molar-refractivity contribution in [2.75, 3.05) is 11.9 Å². The van der Waals surface area contributed by atoms with Crippen LogP contribution < -0.4 is 5.32 Å².